The lowest BCUT2D eigenvalue weighted by molar-refractivity contribution is -0.122. The average molecular weight is 545 g/mol. The van der Waals surface area contributed by atoms with Crippen molar-refractivity contribution >= 4 is 56.8 Å². The Bertz CT molecular complexity index is 1070. The maximum Gasteiger partial charge on any atom is 0.270 e. The highest BCUT2D eigenvalue weighted by Gasteiger charge is 2.34. The number of benzene rings is 2. The zero-order valence-electron chi connectivity index (χ0n) is 19.4. The smallest absolute Gasteiger partial charge is 0.270 e. The second-order valence-electron chi connectivity index (χ2n) is 7.94. The van der Waals surface area contributed by atoms with Gasteiger partial charge in [0.1, 0.15) is 5.57 Å². The summed E-state index contributed by atoms with van der Waals surface area (Å²) in [4.78, 5) is 27.1. The van der Waals surface area contributed by atoms with E-state index >= 15 is 0 Å². The van der Waals surface area contributed by atoms with Crippen LogP contribution in [0.5, 0.6) is 11.5 Å². The molecule has 0 radical (unpaired) electrons. The molecule has 0 atom stereocenters. The standard InChI is InChI=1S/C26H29BrN2O4S/c1-3-4-5-6-7-11-14-33-23-21(27)16-18(17-22(23)32-2)15-20-24(30)28-26(34)29(25(20)31)19-12-9-8-10-13-19/h8-10,12-13,15-17H,3-7,11,14H2,1-2H3,(H,28,30,34)/b20-15-. The van der Waals surface area contributed by atoms with Crippen LogP contribution in [0.4, 0.5) is 5.69 Å². The van der Waals surface area contributed by atoms with Crippen LogP contribution in [0.2, 0.25) is 0 Å². The predicted octanol–water partition coefficient (Wildman–Crippen LogP) is 6.03. The predicted molar refractivity (Wildman–Crippen MR) is 142 cm³/mol. The molecule has 6 nitrogen and oxygen atoms in total. The number of hydrogen-bond donors (Lipinski definition) is 1. The van der Waals surface area contributed by atoms with Crippen molar-refractivity contribution in [3.05, 3.63) is 58.1 Å². The van der Waals surface area contributed by atoms with Gasteiger partial charge in [0, 0.05) is 0 Å². The Morgan fingerprint density at radius 1 is 1.06 bits per heavy atom. The lowest BCUT2D eigenvalue weighted by Crippen LogP contribution is -2.54. The number of halogens is 1. The first-order chi connectivity index (χ1) is 16.5. The molecule has 2 aromatic carbocycles. The normalized spacial score (nSPS) is 15.0. The van der Waals surface area contributed by atoms with E-state index in [1.807, 2.05) is 6.07 Å². The molecular weight excluding hydrogens is 516 g/mol. The SMILES string of the molecule is CCCCCCCCOc1c(Br)cc(/C=C2/C(=O)NC(=S)N(c3ccccc3)C2=O)cc1OC. The summed E-state index contributed by atoms with van der Waals surface area (Å²) in [6.45, 7) is 2.79. The molecular formula is C26H29BrN2O4S. The molecule has 1 N–H and O–H groups in total. The van der Waals surface area contributed by atoms with E-state index in [1.54, 1.807) is 43.5 Å². The first-order valence-electron chi connectivity index (χ1n) is 11.4. The molecule has 34 heavy (non-hydrogen) atoms. The van der Waals surface area contributed by atoms with Crippen LogP contribution in [0, 0.1) is 0 Å². The summed E-state index contributed by atoms with van der Waals surface area (Å²) in [7, 11) is 1.56. The van der Waals surface area contributed by atoms with Crippen LogP contribution in [0.15, 0.2) is 52.5 Å². The van der Waals surface area contributed by atoms with Gasteiger partial charge in [0.2, 0.25) is 0 Å². The summed E-state index contributed by atoms with van der Waals surface area (Å²) >= 11 is 8.78. The Morgan fingerprint density at radius 3 is 2.47 bits per heavy atom. The highest BCUT2D eigenvalue weighted by atomic mass is 79.9. The lowest BCUT2D eigenvalue weighted by Gasteiger charge is -2.28. The monoisotopic (exact) mass is 544 g/mol. The van der Waals surface area contributed by atoms with Gasteiger partial charge in [0.25, 0.3) is 11.8 Å². The molecule has 0 saturated carbocycles. The van der Waals surface area contributed by atoms with Gasteiger partial charge >= 0.3 is 0 Å². The van der Waals surface area contributed by atoms with Crippen molar-refractivity contribution in [2.24, 2.45) is 0 Å². The van der Waals surface area contributed by atoms with Gasteiger partial charge in [-0.3, -0.25) is 19.8 Å². The largest absolute Gasteiger partial charge is 0.493 e. The van der Waals surface area contributed by atoms with Gasteiger partial charge in [-0.05, 0) is 70.5 Å². The summed E-state index contributed by atoms with van der Waals surface area (Å²) in [5.74, 6) is 0.0927. The van der Waals surface area contributed by atoms with Gasteiger partial charge in [0.15, 0.2) is 16.6 Å². The quantitative estimate of drug-likeness (QED) is 0.162. The molecule has 1 heterocycles. The molecule has 0 unspecified atom stereocenters. The number of para-hydroxylation sites is 1. The Kier molecular flexibility index (Phi) is 9.65. The van der Waals surface area contributed by atoms with E-state index in [4.69, 9.17) is 21.7 Å². The number of hydrogen-bond acceptors (Lipinski definition) is 5. The number of unbranched alkanes of at least 4 members (excludes halogenated alkanes) is 5. The van der Waals surface area contributed by atoms with E-state index in [0.717, 1.165) is 12.8 Å². The number of methoxy groups -OCH3 is 1. The molecule has 1 aliphatic heterocycles. The molecule has 180 valence electrons. The molecule has 0 aromatic heterocycles. The van der Waals surface area contributed by atoms with Crippen LogP contribution in [-0.2, 0) is 9.59 Å². The van der Waals surface area contributed by atoms with E-state index in [2.05, 4.69) is 28.2 Å². The fourth-order valence-electron chi connectivity index (χ4n) is 3.66. The average Bonchev–Trinajstić information content (AvgIpc) is 2.82. The molecule has 0 aliphatic carbocycles. The number of ether oxygens (including phenoxy) is 2. The van der Waals surface area contributed by atoms with Crippen molar-refractivity contribution in [3.8, 4) is 11.5 Å². The second kappa shape index (κ2) is 12.7. The summed E-state index contributed by atoms with van der Waals surface area (Å²) in [6, 6.07) is 12.5. The van der Waals surface area contributed by atoms with Crippen molar-refractivity contribution < 1.29 is 19.1 Å². The third kappa shape index (κ3) is 6.45. The van der Waals surface area contributed by atoms with Crippen molar-refractivity contribution in [2.45, 2.75) is 45.4 Å². The van der Waals surface area contributed by atoms with Gasteiger partial charge in [-0.15, -0.1) is 0 Å². The van der Waals surface area contributed by atoms with Gasteiger partial charge in [-0.1, -0.05) is 57.2 Å². The van der Waals surface area contributed by atoms with Crippen molar-refractivity contribution in [2.75, 3.05) is 18.6 Å². The molecule has 1 saturated heterocycles. The molecule has 1 aliphatic rings. The fraction of sp³-hybridized carbons (Fsp3) is 0.346. The second-order valence-corrected chi connectivity index (χ2v) is 9.18. The van der Waals surface area contributed by atoms with E-state index in [0.29, 0.717) is 33.8 Å². The topological polar surface area (TPSA) is 67.9 Å². The first kappa shape index (κ1) is 25.9. The van der Waals surface area contributed by atoms with E-state index < -0.39 is 11.8 Å². The molecule has 3 rings (SSSR count). The Hall–Kier alpha value is -2.71. The lowest BCUT2D eigenvalue weighted by atomic mass is 10.1. The van der Waals surface area contributed by atoms with E-state index in [-0.39, 0.29) is 10.7 Å². The van der Waals surface area contributed by atoms with Gasteiger partial charge in [-0.25, -0.2) is 0 Å². The number of carbonyl (C=O) groups is 2. The van der Waals surface area contributed by atoms with Crippen molar-refractivity contribution in [1.29, 1.82) is 0 Å². The molecule has 0 bridgehead atoms. The molecule has 0 spiro atoms. The third-order valence-corrected chi connectivity index (χ3v) is 6.30. The van der Waals surface area contributed by atoms with Crippen LogP contribution in [0.3, 0.4) is 0 Å². The molecule has 8 heteroatoms. The fourth-order valence-corrected chi connectivity index (χ4v) is 4.51. The minimum Gasteiger partial charge on any atom is -0.493 e. The zero-order chi connectivity index (χ0) is 24.5. The number of amides is 2. The summed E-state index contributed by atoms with van der Waals surface area (Å²) < 4.78 is 12.2. The van der Waals surface area contributed by atoms with Crippen molar-refractivity contribution in [1.82, 2.24) is 5.32 Å². The van der Waals surface area contributed by atoms with Crippen LogP contribution in [-0.4, -0.2) is 30.6 Å². The van der Waals surface area contributed by atoms with Gasteiger partial charge in [-0.2, -0.15) is 0 Å². The number of carbonyl (C=O) groups excluding carboxylic acids is 2. The zero-order valence-corrected chi connectivity index (χ0v) is 21.8. The number of nitrogens with zero attached hydrogens (tertiary/aromatic N) is 1. The summed E-state index contributed by atoms with van der Waals surface area (Å²) in [5.41, 5.74) is 1.18. The van der Waals surface area contributed by atoms with Crippen LogP contribution >= 0.6 is 28.1 Å². The molecule has 2 aromatic rings. The minimum absolute atomic E-state index is 0.0212. The number of rotatable bonds is 11. The summed E-state index contributed by atoms with van der Waals surface area (Å²) in [5, 5.41) is 2.65. The van der Waals surface area contributed by atoms with E-state index in [1.165, 1.54) is 36.7 Å². The van der Waals surface area contributed by atoms with Crippen molar-refractivity contribution in [3.63, 3.8) is 0 Å². The highest BCUT2D eigenvalue weighted by molar-refractivity contribution is 9.10. The minimum atomic E-state index is -0.541. The number of thiocarbonyl (C=S) groups is 1. The number of nitrogens with one attached hydrogen (secondary N) is 1. The maximum atomic E-state index is 13.2. The molecule has 2 amide bonds. The number of anilines is 1. The third-order valence-electron chi connectivity index (χ3n) is 5.42. The summed E-state index contributed by atoms with van der Waals surface area (Å²) in [6.07, 6.45) is 8.59. The van der Waals surface area contributed by atoms with E-state index in [9.17, 15) is 9.59 Å². The molecule has 1 fully saturated rings. The van der Waals surface area contributed by atoms with Gasteiger partial charge in [0.05, 0.1) is 23.9 Å². The Balaban J connectivity index is 1.78. The van der Waals surface area contributed by atoms with Gasteiger partial charge < -0.3 is 9.47 Å². The van der Waals surface area contributed by atoms with Crippen LogP contribution < -0.4 is 19.7 Å². The Morgan fingerprint density at radius 2 is 1.76 bits per heavy atom. The van der Waals surface area contributed by atoms with Crippen LogP contribution in [0.25, 0.3) is 6.08 Å². The van der Waals surface area contributed by atoms with Crippen LogP contribution in [0.1, 0.15) is 51.0 Å². The Labute approximate surface area is 214 Å². The maximum absolute atomic E-state index is 13.2. The highest BCUT2D eigenvalue weighted by Crippen LogP contribution is 2.37. The first-order valence-corrected chi connectivity index (χ1v) is 12.6.